The highest BCUT2D eigenvalue weighted by Gasteiger charge is 2.78. The number of carbonyl (C=O) groups excluding carboxylic acids is 1. The number of hydrogen-bond acceptors (Lipinski definition) is 4. The highest BCUT2D eigenvalue weighted by Crippen LogP contribution is 2.75. The summed E-state index contributed by atoms with van der Waals surface area (Å²) in [6.07, 6.45) is 2.65. The SMILES string of the molecule is CC1(C)[C@H](/C=C\C(=O)Cl)[C@@]1(C(=O)O)[C@@H](C#N)c1cccc(Oc2ccccc2)c1. The van der Waals surface area contributed by atoms with Crippen molar-refractivity contribution in [2.24, 2.45) is 16.7 Å². The average Bonchev–Trinajstić information content (AvgIpc) is 3.17. The summed E-state index contributed by atoms with van der Waals surface area (Å²) in [6, 6.07) is 18.2. The molecule has 6 heteroatoms. The third kappa shape index (κ3) is 3.52. The molecule has 1 aliphatic carbocycles. The summed E-state index contributed by atoms with van der Waals surface area (Å²) >= 11 is 5.39. The smallest absolute Gasteiger partial charge is 0.312 e. The number of benzene rings is 2. The molecule has 5 nitrogen and oxygen atoms in total. The van der Waals surface area contributed by atoms with Crippen LogP contribution in [0.2, 0.25) is 0 Å². The number of carboxylic acids is 1. The van der Waals surface area contributed by atoms with E-state index in [1.54, 1.807) is 50.2 Å². The second kappa shape index (κ2) is 7.73. The minimum absolute atomic E-state index is 0.510. The number of halogens is 1. The maximum Gasteiger partial charge on any atom is 0.312 e. The predicted octanol–water partition coefficient (Wildman–Crippen LogP) is 5.13. The molecule has 0 unspecified atom stereocenters. The molecule has 3 rings (SSSR count). The quantitative estimate of drug-likeness (QED) is 0.505. The maximum absolute atomic E-state index is 12.4. The van der Waals surface area contributed by atoms with E-state index < -0.39 is 33.9 Å². The summed E-state index contributed by atoms with van der Waals surface area (Å²) in [5, 5.41) is 19.4. The molecule has 0 aromatic heterocycles. The van der Waals surface area contributed by atoms with E-state index in [2.05, 4.69) is 6.07 Å². The Kier molecular flexibility index (Phi) is 5.50. The van der Waals surface area contributed by atoms with Crippen LogP contribution >= 0.6 is 11.6 Å². The monoisotopic (exact) mass is 409 g/mol. The minimum Gasteiger partial charge on any atom is -0.481 e. The molecule has 0 aliphatic heterocycles. The number of allylic oxidation sites excluding steroid dienone is 2. The number of rotatable bonds is 7. The molecule has 2 aromatic rings. The van der Waals surface area contributed by atoms with Crippen molar-refractivity contribution in [3.63, 3.8) is 0 Å². The summed E-state index contributed by atoms with van der Waals surface area (Å²) in [5.41, 5.74) is -1.57. The molecule has 0 radical (unpaired) electrons. The zero-order valence-corrected chi connectivity index (χ0v) is 16.8. The molecule has 0 saturated heterocycles. The third-order valence-corrected chi connectivity index (χ3v) is 5.91. The van der Waals surface area contributed by atoms with Gasteiger partial charge >= 0.3 is 5.97 Å². The Morgan fingerprint density at radius 2 is 1.83 bits per heavy atom. The van der Waals surface area contributed by atoms with Crippen LogP contribution in [0.3, 0.4) is 0 Å². The molecule has 2 aromatic carbocycles. The molecule has 1 fully saturated rings. The number of hydrogen-bond donors (Lipinski definition) is 1. The number of nitriles is 1. The Labute approximate surface area is 174 Å². The van der Waals surface area contributed by atoms with E-state index in [1.807, 2.05) is 18.2 Å². The van der Waals surface area contributed by atoms with Crippen LogP contribution in [0.25, 0.3) is 0 Å². The minimum atomic E-state index is -1.38. The van der Waals surface area contributed by atoms with E-state index in [4.69, 9.17) is 16.3 Å². The number of carbonyl (C=O) groups is 2. The summed E-state index contributed by atoms with van der Waals surface area (Å²) < 4.78 is 5.83. The van der Waals surface area contributed by atoms with Gasteiger partial charge in [0.1, 0.15) is 16.9 Å². The van der Waals surface area contributed by atoms with Crippen molar-refractivity contribution in [2.45, 2.75) is 19.8 Å². The lowest BCUT2D eigenvalue weighted by Gasteiger charge is -2.22. The van der Waals surface area contributed by atoms with Crippen molar-refractivity contribution in [3.8, 4) is 17.6 Å². The van der Waals surface area contributed by atoms with E-state index in [-0.39, 0.29) is 0 Å². The summed E-state index contributed by atoms with van der Waals surface area (Å²) in [5.74, 6) is -1.39. The third-order valence-electron chi connectivity index (χ3n) is 5.78. The summed E-state index contributed by atoms with van der Waals surface area (Å²) in [6.45, 7) is 3.56. The topological polar surface area (TPSA) is 87.4 Å². The second-order valence-electron chi connectivity index (χ2n) is 7.59. The molecule has 29 heavy (non-hydrogen) atoms. The van der Waals surface area contributed by atoms with Gasteiger partial charge in [-0.25, -0.2) is 0 Å². The van der Waals surface area contributed by atoms with E-state index >= 15 is 0 Å². The highest BCUT2D eigenvalue weighted by atomic mass is 35.5. The molecule has 0 bridgehead atoms. The van der Waals surface area contributed by atoms with Gasteiger partial charge in [0, 0.05) is 5.92 Å². The Bertz CT molecular complexity index is 1010. The number of aliphatic carboxylic acids is 1. The van der Waals surface area contributed by atoms with E-state index in [1.165, 1.54) is 6.08 Å². The van der Waals surface area contributed by atoms with Crippen molar-refractivity contribution in [1.82, 2.24) is 0 Å². The summed E-state index contributed by atoms with van der Waals surface area (Å²) in [7, 11) is 0. The van der Waals surface area contributed by atoms with Gasteiger partial charge in [0.25, 0.3) is 0 Å². The van der Waals surface area contributed by atoms with E-state index in [9.17, 15) is 20.0 Å². The number of para-hydroxylation sites is 1. The molecule has 1 N–H and O–H groups in total. The molecule has 1 aliphatic rings. The molecule has 0 heterocycles. The van der Waals surface area contributed by atoms with Gasteiger partial charge in [0.15, 0.2) is 0 Å². The molecule has 1 saturated carbocycles. The normalized spacial score (nSPS) is 23.2. The van der Waals surface area contributed by atoms with Crippen LogP contribution in [0.1, 0.15) is 25.3 Å². The van der Waals surface area contributed by atoms with Crippen LogP contribution in [0.15, 0.2) is 66.7 Å². The van der Waals surface area contributed by atoms with E-state index in [0.29, 0.717) is 17.1 Å². The molecular weight excluding hydrogens is 390 g/mol. The van der Waals surface area contributed by atoms with Gasteiger partial charge in [-0.15, -0.1) is 0 Å². The Hall–Kier alpha value is -3.10. The van der Waals surface area contributed by atoms with Crippen LogP contribution in [0.5, 0.6) is 11.5 Å². The van der Waals surface area contributed by atoms with Gasteiger partial charge in [-0.05, 0) is 52.9 Å². The van der Waals surface area contributed by atoms with Gasteiger partial charge in [-0.2, -0.15) is 5.26 Å². The van der Waals surface area contributed by atoms with Crippen LogP contribution in [0, 0.1) is 28.1 Å². The van der Waals surface area contributed by atoms with Crippen molar-refractivity contribution in [3.05, 3.63) is 72.3 Å². The van der Waals surface area contributed by atoms with Gasteiger partial charge in [0.05, 0.1) is 12.0 Å². The molecular formula is C23H20ClNO4. The fourth-order valence-corrected chi connectivity index (χ4v) is 4.38. The van der Waals surface area contributed by atoms with E-state index in [0.717, 1.165) is 6.08 Å². The Morgan fingerprint density at radius 1 is 1.17 bits per heavy atom. The average molecular weight is 410 g/mol. The first-order valence-electron chi connectivity index (χ1n) is 9.08. The summed E-state index contributed by atoms with van der Waals surface area (Å²) in [4.78, 5) is 23.5. The largest absolute Gasteiger partial charge is 0.481 e. The highest BCUT2D eigenvalue weighted by molar-refractivity contribution is 6.66. The van der Waals surface area contributed by atoms with Crippen molar-refractivity contribution < 1.29 is 19.4 Å². The van der Waals surface area contributed by atoms with Gasteiger partial charge in [-0.3, -0.25) is 9.59 Å². The fourth-order valence-electron chi connectivity index (χ4n) is 4.31. The molecule has 0 amide bonds. The van der Waals surface area contributed by atoms with Gasteiger partial charge in [-0.1, -0.05) is 50.3 Å². The predicted molar refractivity (Wildman–Crippen MR) is 109 cm³/mol. The first-order valence-corrected chi connectivity index (χ1v) is 9.46. The molecule has 0 spiro atoms. The van der Waals surface area contributed by atoms with Crippen LogP contribution in [0.4, 0.5) is 0 Å². The number of ether oxygens (including phenoxy) is 1. The lowest BCUT2D eigenvalue weighted by molar-refractivity contribution is -0.145. The first kappa shape index (κ1) is 20.6. The Balaban J connectivity index is 2.00. The fraction of sp³-hybridized carbons (Fsp3) is 0.261. The van der Waals surface area contributed by atoms with Crippen LogP contribution < -0.4 is 4.74 Å². The number of nitrogens with zero attached hydrogens (tertiary/aromatic N) is 1. The van der Waals surface area contributed by atoms with Crippen molar-refractivity contribution in [2.75, 3.05) is 0 Å². The van der Waals surface area contributed by atoms with Gasteiger partial charge < -0.3 is 9.84 Å². The Morgan fingerprint density at radius 3 is 2.41 bits per heavy atom. The van der Waals surface area contributed by atoms with Crippen LogP contribution in [-0.4, -0.2) is 16.3 Å². The van der Waals surface area contributed by atoms with Crippen molar-refractivity contribution in [1.29, 1.82) is 5.26 Å². The zero-order valence-electron chi connectivity index (χ0n) is 16.0. The van der Waals surface area contributed by atoms with Gasteiger partial charge in [0.2, 0.25) is 5.24 Å². The maximum atomic E-state index is 12.4. The molecule has 148 valence electrons. The van der Waals surface area contributed by atoms with Crippen LogP contribution in [-0.2, 0) is 9.59 Å². The number of carboxylic acid groups (broad SMARTS) is 1. The first-order chi connectivity index (χ1) is 13.7. The lowest BCUT2D eigenvalue weighted by Crippen LogP contribution is -2.28. The second-order valence-corrected chi connectivity index (χ2v) is 7.96. The lowest BCUT2D eigenvalue weighted by atomic mass is 9.78. The van der Waals surface area contributed by atoms with Crippen molar-refractivity contribution >= 4 is 22.8 Å². The molecule has 3 atom stereocenters. The zero-order chi connectivity index (χ0) is 21.2. The standard InChI is InChI=1S/C23H20ClNO4/c1-22(2)19(11-12-20(24)26)23(22,21(27)28)18(14-25)15-7-6-10-17(13-15)29-16-8-4-3-5-9-16/h3-13,18-19H,1-2H3,(H,27,28)/b12-11-/t18-,19-,23+/m0/s1.